The summed E-state index contributed by atoms with van der Waals surface area (Å²) >= 11 is 1.38. The average Bonchev–Trinajstić information content (AvgIpc) is 3.22. The van der Waals surface area contributed by atoms with Gasteiger partial charge in [0.05, 0.1) is 31.7 Å². The van der Waals surface area contributed by atoms with E-state index in [4.69, 9.17) is 14.5 Å². The number of carbonyl (C=O) groups is 1. The number of benzene rings is 2. The molecule has 1 unspecified atom stereocenters. The number of fused-ring (bicyclic) bond motifs is 3. The molecular weight excluding hydrogens is 376 g/mol. The Morgan fingerprint density at radius 1 is 1.21 bits per heavy atom. The molecule has 0 aromatic heterocycles. The second kappa shape index (κ2) is 7.93. The highest BCUT2D eigenvalue weighted by Crippen LogP contribution is 2.40. The number of aliphatic imine (C=N–C) groups is 1. The van der Waals surface area contributed by atoms with Crippen LogP contribution in [0.2, 0.25) is 0 Å². The van der Waals surface area contributed by atoms with Gasteiger partial charge in [-0.2, -0.15) is 5.10 Å². The van der Waals surface area contributed by atoms with E-state index < -0.39 is 0 Å². The monoisotopic (exact) mass is 396 g/mol. The molecule has 1 amide bonds. The van der Waals surface area contributed by atoms with Crippen LogP contribution < -0.4 is 14.8 Å². The number of anilines is 1. The highest BCUT2D eigenvalue weighted by Gasteiger charge is 2.32. The van der Waals surface area contributed by atoms with Gasteiger partial charge in [-0.15, -0.1) is 0 Å². The topological polar surface area (TPSA) is 75.5 Å². The number of hydrogen-bond acceptors (Lipinski definition) is 7. The number of hydrogen-bond donors (Lipinski definition) is 1. The van der Waals surface area contributed by atoms with Crippen molar-refractivity contribution < 1.29 is 14.3 Å². The molecule has 4 rings (SSSR count). The van der Waals surface area contributed by atoms with Crippen molar-refractivity contribution >= 4 is 40.4 Å². The van der Waals surface area contributed by atoms with E-state index in [1.807, 2.05) is 29.4 Å². The van der Waals surface area contributed by atoms with Gasteiger partial charge in [0.15, 0.2) is 16.7 Å². The van der Waals surface area contributed by atoms with Gasteiger partial charge in [0, 0.05) is 30.0 Å². The molecule has 1 N–H and O–H groups in total. The number of methoxy groups -OCH3 is 2. The second-order valence-electron chi connectivity index (χ2n) is 6.25. The normalized spacial score (nSPS) is 16.9. The molecule has 2 heterocycles. The lowest BCUT2D eigenvalue weighted by Gasteiger charge is -2.29. The third kappa shape index (κ3) is 3.55. The molecule has 0 radical (unpaired) electrons. The Balaban J connectivity index is 1.44. The molecule has 1 atom stereocenters. The van der Waals surface area contributed by atoms with Crippen molar-refractivity contribution in [2.75, 3.05) is 25.3 Å². The van der Waals surface area contributed by atoms with Crippen LogP contribution in [0.5, 0.6) is 11.5 Å². The van der Waals surface area contributed by atoms with Gasteiger partial charge >= 0.3 is 0 Å². The van der Waals surface area contributed by atoms with Crippen molar-refractivity contribution in [2.45, 2.75) is 12.5 Å². The Hall–Kier alpha value is -3.00. The predicted octanol–water partition coefficient (Wildman–Crippen LogP) is 3.81. The molecular formula is C20H20N4O3S. The number of ether oxygens (including phenoxy) is 2. The summed E-state index contributed by atoms with van der Waals surface area (Å²) < 4.78 is 10.5. The Morgan fingerprint density at radius 3 is 2.86 bits per heavy atom. The van der Waals surface area contributed by atoms with Crippen molar-refractivity contribution in [3.63, 3.8) is 0 Å². The molecule has 2 aromatic rings. The highest BCUT2D eigenvalue weighted by atomic mass is 32.2. The van der Waals surface area contributed by atoms with E-state index in [1.54, 1.807) is 32.4 Å². The zero-order chi connectivity index (χ0) is 19.5. The smallest absolute Gasteiger partial charge is 0.234 e. The first kappa shape index (κ1) is 18.4. The van der Waals surface area contributed by atoms with Crippen LogP contribution in [0, 0.1) is 0 Å². The van der Waals surface area contributed by atoms with Gasteiger partial charge in [0.25, 0.3) is 0 Å². The lowest BCUT2D eigenvalue weighted by Crippen LogP contribution is -2.29. The summed E-state index contributed by atoms with van der Waals surface area (Å²) in [6.45, 7) is 0. The Morgan fingerprint density at radius 2 is 2.04 bits per heavy atom. The van der Waals surface area contributed by atoms with E-state index in [0.717, 1.165) is 17.3 Å². The van der Waals surface area contributed by atoms with Crippen molar-refractivity contribution in [2.24, 2.45) is 10.1 Å². The standard InChI is InChI=1S/C20H20N4O3S/c1-26-17-8-7-13(11-18(17)27-2)22-19(25)12-28-20-23-15-6-4-3-5-14(15)16-9-10-21-24(16)20/h3-8,10-11,16H,9,12H2,1-2H3,(H,22,25). The molecule has 0 saturated heterocycles. The molecule has 2 aliphatic heterocycles. The second-order valence-corrected chi connectivity index (χ2v) is 7.20. The van der Waals surface area contributed by atoms with Gasteiger partial charge in [0.1, 0.15) is 0 Å². The maximum atomic E-state index is 12.4. The highest BCUT2D eigenvalue weighted by molar-refractivity contribution is 8.14. The SMILES string of the molecule is COc1ccc(NC(=O)CSC2=Nc3ccccc3C3CC=NN23)cc1OC. The first-order chi connectivity index (χ1) is 13.7. The molecule has 28 heavy (non-hydrogen) atoms. The largest absolute Gasteiger partial charge is 0.493 e. The van der Waals surface area contributed by atoms with Crippen molar-refractivity contribution in [1.29, 1.82) is 0 Å². The predicted molar refractivity (Wildman–Crippen MR) is 112 cm³/mol. The van der Waals surface area contributed by atoms with Crippen LogP contribution >= 0.6 is 11.8 Å². The number of hydrazone groups is 1. The minimum absolute atomic E-state index is 0.126. The van der Waals surface area contributed by atoms with Crippen LogP contribution in [0.4, 0.5) is 11.4 Å². The summed E-state index contributed by atoms with van der Waals surface area (Å²) in [7, 11) is 3.13. The first-order valence-electron chi connectivity index (χ1n) is 8.83. The summed E-state index contributed by atoms with van der Waals surface area (Å²) in [5, 5.41) is 9.95. The van der Waals surface area contributed by atoms with Gasteiger partial charge < -0.3 is 14.8 Å². The Kier molecular flexibility index (Phi) is 5.21. The van der Waals surface area contributed by atoms with E-state index in [-0.39, 0.29) is 17.7 Å². The average molecular weight is 396 g/mol. The molecule has 144 valence electrons. The summed E-state index contributed by atoms with van der Waals surface area (Å²) in [6, 6.07) is 13.5. The number of nitrogens with one attached hydrogen (secondary N) is 1. The molecule has 7 nitrogen and oxygen atoms in total. The van der Waals surface area contributed by atoms with E-state index in [9.17, 15) is 4.79 Å². The third-order valence-corrected chi connectivity index (χ3v) is 5.48. The third-order valence-electron chi connectivity index (χ3n) is 4.54. The van der Waals surface area contributed by atoms with Crippen LogP contribution in [0.1, 0.15) is 18.0 Å². The summed E-state index contributed by atoms with van der Waals surface area (Å²) in [6.07, 6.45) is 2.74. The molecule has 0 bridgehead atoms. The number of carbonyl (C=O) groups excluding carboxylic acids is 1. The maximum Gasteiger partial charge on any atom is 0.234 e. The number of para-hydroxylation sites is 1. The number of thioether (sulfide) groups is 1. The van der Waals surface area contributed by atoms with Crippen LogP contribution in [0.3, 0.4) is 0 Å². The van der Waals surface area contributed by atoms with E-state index in [2.05, 4.69) is 16.5 Å². The number of amidine groups is 1. The zero-order valence-corrected chi connectivity index (χ0v) is 16.4. The fourth-order valence-electron chi connectivity index (χ4n) is 3.22. The summed E-state index contributed by atoms with van der Waals surface area (Å²) in [5.41, 5.74) is 2.76. The lowest BCUT2D eigenvalue weighted by molar-refractivity contribution is -0.113. The van der Waals surface area contributed by atoms with Gasteiger partial charge in [0.2, 0.25) is 5.91 Å². The Bertz CT molecular complexity index is 960. The van der Waals surface area contributed by atoms with Crippen LogP contribution in [-0.2, 0) is 4.79 Å². The molecule has 2 aromatic carbocycles. The summed E-state index contributed by atoms with van der Waals surface area (Å²) in [4.78, 5) is 17.1. The van der Waals surface area contributed by atoms with Gasteiger partial charge in [-0.1, -0.05) is 30.0 Å². The van der Waals surface area contributed by atoms with Crippen LogP contribution in [0.15, 0.2) is 52.6 Å². The Labute approximate surface area is 167 Å². The molecule has 0 fully saturated rings. The maximum absolute atomic E-state index is 12.4. The minimum Gasteiger partial charge on any atom is -0.493 e. The lowest BCUT2D eigenvalue weighted by atomic mass is 10.0. The van der Waals surface area contributed by atoms with E-state index in [1.165, 1.54) is 17.3 Å². The number of nitrogens with zero attached hydrogens (tertiary/aromatic N) is 3. The molecule has 0 aliphatic carbocycles. The van der Waals surface area contributed by atoms with Crippen LogP contribution in [-0.4, -0.2) is 42.3 Å². The van der Waals surface area contributed by atoms with Gasteiger partial charge in [-0.3, -0.25) is 4.79 Å². The number of rotatable bonds is 5. The summed E-state index contributed by atoms with van der Waals surface area (Å²) in [5.74, 6) is 1.28. The zero-order valence-electron chi connectivity index (χ0n) is 15.6. The van der Waals surface area contributed by atoms with Crippen molar-refractivity contribution in [1.82, 2.24) is 5.01 Å². The van der Waals surface area contributed by atoms with E-state index in [0.29, 0.717) is 17.2 Å². The number of amides is 1. The quantitative estimate of drug-likeness (QED) is 0.832. The fourth-order valence-corrected chi connectivity index (χ4v) is 4.02. The van der Waals surface area contributed by atoms with Gasteiger partial charge in [-0.05, 0) is 18.2 Å². The van der Waals surface area contributed by atoms with Gasteiger partial charge in [-0.25, -0.2) is 10.0 Å². The minimum atomic E-state index is -0.126. The molecule has 0 spiro atoms. The molecule has 0 saturated carbocycles. The van der Waals surface area contributed by atoms with Crippen molar-refractivity contribution in [3.8, 4) is 11.5 Å². The van der Waals surface area contributed by atoms with E-state index >= 15 is 0 Å². The molecule has 8 heteroatoms. The molecule has 2 aliphatic rings. The van der Waals surface area contributed by atoms with Crippen molar-refractivity contribution in [3.05, 3.63) is 48.0 Å². The first-order valence-corrected chi connectivity index (χ1v) is 9.82. The van der Waals surface area contributed by atoms with Crippen LogP contribution in [0.25, 0.3) is 0 Å². The fraction of sp³-hybridized carbons (Fsp3) is 0.250.